The lowest BCUT2D eigenvalue weighted by molar-refractivity contribution is -0.143. The Labute approximate surface area is 209 Å². The highest BCUT2D eigenvalue weighted by Gasteiger charge is 2.43. The molecule has 39 heavy (non-hydrogen) atoms. The van der Waals surface area contributed by atoms with Crippen LogP contribution in [0, 0.1) is 52.4 Å². The van der Waals surface area contributed by atoms with Gasteiger partial charge in [-0.3, -0.25) is 0 Å². The molecule has 0 unspecified atom stereocenters. The van der Waals surface area contributed by atoms with Gasteiger partial charge in [-0.15, -0.1) is 0 Å². The van der Waals surface area contributed by atoms with Crippen molar-refractivity contribution in [3.05, 3.63) is 106 Å². The fourth-order valence-electron chi connectivity index (χ4n) is 4.58. The molecule has 0 fully saturated rings. The molecule has 0 aliphatic rings. The van der Waals surface area contributed by atoms with Gasteiger partial charge in [-0.25, -0.2) is 39.5 Å². The second-order valence-electron chi connectivity index (χ2n) is 8.35. The van der Waals surface area contributed by atoms with E-state index in [0.29, 0.717) is 24.3 Å². The van der Waals surface area contributed by atoms with Crippen LogP contribution in [0.2, 0.25) is 0 Å². The van der Waals surface area contributed by atoms with Gasteiger partial charge in [0.1, 0.15) is 34.6 Å². The average Bonchev–Trinajstić information content (AvgIpc) is 2.84. The normalized spacial score (nSPS) is 12.1. The molecule has 0 spiro atoms. The molecule has 0 amide bonds. The number of hydrogen-bond acceptors (Lipinski definition) is 0. The van der Waals surface area contributed by atoms with Crippen molar-refractivity contribution in [2.45, 2.75) is 6.18 Å². The maximum absolute atomic E-state index is 15.3. The van der Waals surface area contributed by atoms with E-state index in [-0.39, 0.29) is 0 Å². The first-order valence-electron chi connectivity index (χ1n) is 10.7. The summed E-state index contributed by atoms with van der Waals surface area (Å²) >= 11 is 0. The Balaban J connectivity index is 2.11. The highest BCUT2D eigenvalue weighted by molar-refractivity contribution is 6.21. The van der Waals surface area contributed by atoms with Crippen LogP contribution in [0.15, 0.2) is 48.5 Å². The molecule has 0 saturated heterocycles. The molecule has 0 aromatic heterocycles. The average molecular weight is 560 g/mol. The zero-order valence-electron chi connectivity index (χ0n) is 18.7. The van der Waals surface area contributed by atoms with Crippen LogP contribution in [-0.2, 0) is 6.18 Å². The Hall–Kier alpha value is -4.22. The lowest BCUT2D eigenvalue weighted by Gasteiger charge is -2.21. The molecule has 5 aromatic rings. The highest BCUT2D eigenvalue weighted by atomic mass is 19.4. The molecule has 0 bridgehead atoms. The number of alkyl halides is 3. The molecule has 5 aromatic carbocycles. The highest BCUT2D eigenvalue weighted by Crippen LogP contribution is 2.49. The zero-order valence-corrected chi connectivity index (χ0v) is 18.7. The van der Waals surface area contributed by atoms with Crippen molar-refractivity contribution in [3.63, 3.8) is 0 Å². The summed E-state index contributed by atoms with van der Waals surface area (Å²) in [5.74, 6) is -17.5. The first kappa shape index (κ1) is 26.4. The number of halogens is 12. The molecule has 0 saturated carbocycles. The van der Waals surface area contributed by atoms with Crippen LogP contribution in [0.25, 0.3) is 43.8 Å². The van der Waals surface area contributed by atoms with Crippen molar-refractivity contribution < 1.29 is 52.7 Å². The molecule has 0 atom stereocenters. The van der Waals surface area contributed by atoms with Gasteiger partial charge in [0.05, 0.1) is 5.56 Å². The van der Waals surface area contributed by atoms with Gasteiger partial charge in [-0.05, 0) is 47.2 Å². The Morgan fingerprint density at radius 3 is 1.49 bits per heavy atom. The molecular formula is C27H8F12. The van der Waals surface area contributed by atoms with Crippen molar-refractivity contribution in [1.29, 1.82) is 0 Å². The van der Waals surface area contributed by atoms with Crippen LogP contribution in [0.4, 0.5) is 52.7 Å². The third-order valence-electron chi connectivity index (χ3n) is 6.12. The molecule has 12 heteroatoms. The molecule has 0 radical (unpaired) electrons. The van der Waals surface area contributed by atoms with Crippen LogP contribution >= 0.6 is 0 Å². The smallest absolute Gasteiger partial charge is 0.207 e. The first-order chi connectivity index (χ1) is 18.2. The van der Waals surface area contributed by atoms with E-state index in [9.17, 15) is 35.1 Å². The van der Waals surface area contributed by atoms with E-state index in [2.05, 4.69) is 0 Å². The van der Waals surface area contributed by atoms with E-state index in [1.807, 2.05) is 0 Å². The SMILES string of the molecule is Fc1ccc(-c2c3ccc(F)cc3c(-c3c(F)c(F)c(C(F)(F)F)c(F)c3F)c3c(F)ccc(F)c23)c(F)c1. The molecule has 0 nitrogen and oxygen atoms in total. The summed E-state index contributed by atoms with van der Waals surface area (Å²) in [6.07, 6.45) is -5.90. The predicted molar refractivity (Wildman–Crippen MR) is 117 cm³/mol. The quantitative estimate of drug-likeness (QED) is 0.115. The summed E-state index contributed by atoms with van der Waals surface area (Å²) in [6, 6.07) is 4.90. The standard InChI is InChI=1S/C27H8F12/c28-9-1-3-11-13(7-9)18(21-23(33)25(35)22(27(37,38)39)26(36)24(21)34)20-15(31)6-5-14(30)19(20)17(11)12-4-2-10(29)8-16(12)32/h1-8H. The predicted octanol–water partition coefficient (Wildman–Crippen LogP) is 9.60. The Bertz CT molecular complexity index is 1810. The van der Waals surface area contributed by atoms with Gasteiger partial charge in [0.15, 0.2) is 23.3 Å². The summed E-state index contributed by atoms with van der Waals surface area (Å²) in [7, 11) is 0. The lowest BCUT2D eigenvalue weighted by Crippen LogP contribution is -2.16. The number of hydrogen-bond donors (Lipinski definition) is 0. The van der Waals surface area contributed by atoms with Gasteiger partial charge in [-0.1, -0.05) is 6.07 Å². The van der Waals surface area contributed by atoms with Crippen LogP contribution in [0.5, 0.6) is 0 Å². The van der Waals surface area contributed by atoms with E-state index in [1.54, 1.807) is 0 Å². The minimum Gasteiger partial charge on any atom is -0.207 e. The monoisotopic (exact) mass is 560 g/mol. The largest absolute Gasteiger partial charge is 0.422 e. The van der Waals surface area contributed by atoms with Gasteiger partial charge in [-0.2, -0.15) is 13.2 Å². The summed E-state index contributed by atoms with van der Waals surface area (Å²) in [6.45, 7) is 0. The van der Waals surface area contributed by atoms with Crippen LogP contribution in [0.1, 0.15) is 5.56 Å². The topological polar surface area (TPSA) is 0 Å². The second-order valence-corrected chi connectivity index (χ2v) is 8.35. The van der Waals surface area contributed by atoms with Crippen molar-refractivity contribution in [2.24, 2.45) is 0 Å². The van der Waals surface area contributed by atoms with Crippen molar-refractivity contribution >= 4 is 21.5 Å². The second kappa shape index (κ2) is 8.92. The fraction of sp³-hybridized carbons (Fsp3) is 0.0370. The van der Waals surface area contributed by atoms with Crippen molar-refractivity contribution in [2.75, 3.05) is 0 Å². The van der Waals surface area contributed by atoms with E-state index in [4.69, 9.17) is 0 Å². The van der Waals surface area contributed by atoms with E-state index in [1.165, 1.54) is 0 Å². The van der Waals surface area contributed by atoms with Crippen LogP contribution in [0.3, 0.4) is 0 Å². The molecule has 0 N–H and O–H groups in total. The molecule has 200 valence electrons. The summed E-state index contributed by atoms with van der Waals surface area (Å²) < 4.78 is 172. The first-order valence-corrected chi connectivity index (χ1v) is 10.7. The molecule has 0 aliphatic heterocycles. The van der Waals surface area contributed by atoms with Crippen molar-refractivity contribution in [3.8, 4) is 22.3 Å². The van der Waals surface area contributed by atoms with Crippen LogP contribution in [-0.4, -0.2) is 0 Å². The minimum atomic E-state index is -5.90. The Morgan fingerprint density at radius 1 is 0.436 bits per heavy atom. The maximum atomic E-state index is 15.3. The summed E-state index contributed by atoms with van der Waals surface area (Å²) in [5.41, 5.74) is -7.21. The fourth-order valence-corrected chi connectivity index (χ4v) is 4.58. The van der Waals surface area contributed by atoms with Gasteiger partial charge < -0.3 is 0 Å². The van der Waals surface area contributed by atoms with Crippen LogP contribution < -0.4 is 0 Å². The summed E-state index contributed by atoms with van der Waals surface area (Å²) in [5, 5.41) is -3.34. The third-order valence-corrected chi connectivity index (χ3v) is 6.12. The van der Waals surface area contributed by atoms with Gasteiger partial charge in [0, 0.05) is 33.5 Å². The number of fused-ring (bicyclic) bond motifs is 2. The molecule has 0 aliphatic carbocycles. The van der Waals surface area contributed by atoms with Gasteiger partial charge in [0.2, 0.25) is 0 Å². The van der Waals surface area contributed by atoms with E-state index in [0.717, 1.165) is 24.3 Å². The van der Waals surface area contributed by atoms with Crippen molar-refractivity contribution in [1.82, 2.24) is 0 Å². The van der Waals surface area contributed by atoms with Gasteiger partial charge in [0.25, 0.3) is 0 Å². The molecule has 5 rings (SSSR count). The van der Waals surface area contributed by atoms with E-state index >= 15 is 17.6 Å². The number of benzene rings is 5. The summed E-state index contributed by atoms with van der Waals surface area (Å²) in [4.78, 5) is 0. The zero-order chi connectivity index (χ0) is 28.5. The Morgan fingerprint density at radius 2 is 0.949 bits per heavy atom. The lowest BCUT2D eigenvalue weighted by atomic mass is 9.84. The molecular weight excluding hydrogens is 552 g/mol. The Kier molecular flexibility index (Phi) is 6.04. The number of rotatable bonds is 2. The minimum absolute atomic E-state index is 0.377. The molecule has 0 heterocycles. The van der Waals surface area contributed by atoms with Gasteiger partial charge >= 0.3 is 6.18 Å². The maximum Gasteiger partial charge on any atom is 0.422 e. The third kappa shape index (κ3) is 3.96. The van der Waals surface area contributed by atoms with E-state index < -0.39 is 108 Å².